The average Bonchev–Trinajstić information content (AvgIpc) is 3.53. The van der Waals surface area contributed by atoms with Crippen LogP contribution in [-0.2, 0) is 5.41 Å². The number of ether oxygens (including phenoxy) is 3. The number of rotatable bonds is 0. The van der Waals surface area contributed by atoms with Crippen molar-refractivity contribution in [3.05, 3.63) is 41.1 Å². The molecule has 1 aromatic rings. The van der Waals surface area contributed by atoms with Crippen molar-refractivity contribution >= 4 is 5.84 Å². The Balaban J connectivity index is 0.000000395. The summed E-state index contributed by atoms with van der Waals surface area (Å²) >= 11 is 0. The minimum atomic E-state index is -0.270. The number of nitrogens with zero attached hydrogens (tertiary/aromatic N) is 2. The maximum Gasteiger partial charge on any atom is 0.165 e. The van der Waals surface area contributed by atoms with Gasteiger partial charge in [-0.25, -0.2) is 0 Å². The van der Waals surface area contributed by atoms with Gasteiger partial charge in [-0.15, -0.1) is 0 Å². The first-order chi connectivity index (χ1) is 14.9. The second kappa shape index (κ2) is 9.59. The van der Waals surface area contributed by atoms with Crippen LogP contribution in [0.1, 0.15) is 59.9 Å². The third kappa shape index (κ3) is 3.19. The molecule has 0 amide bonds. The highest BCUT2D eigenvalue weighted by Gasteiger charge is 2.58. The van der Waals surface area contributed by atoms with Gasteiger partial charge in [-0.05, 0) is 24.5 Å². The van der Waals surface area contributed by atoms with E-state index in [1.807, 2.05) is 47.6 Å². The van der Waals surface area contributed by atoms with Crippen LogP contribution in [0.3, 0.4) is 0 Å². The van der Waals surface area contributed by atoms with Crippen molar-refractivity contribution < 1.29 is 14.2 Å². The molecule has 6 rings (SSSR count). The van der Waals surface area contributed by atoms with Crippen molar-refractivity contribution in [2.75, 3.05) is 32.9 Å². The van der Waals surface area contributed by atoms with E-state index in [4.69, 9.17) is 19.2 Å². The summed E-state index contributed by atoms with van der Waals surface area (Å²) in [6.45, 7) is 15.6. The Bertz CT molecular complexity index is 856. The lowest BCUT2D eigenvalue weighted by molar-refractivity contribution is 0.171. The molecular formula is C25H36N2O3. The highest BCUT2D eigenvalue weighted by molar-refractivity contribution is 6.05. The number of fused-ring (bicyclic) bond motifs is 8. The molecule has 1 aromatic carbocycles. The monoisotopic (exact) mass is 412 g/mol. The number of hydrogen-bond acceptors (Lipinski definition) is 5. The van der Waals surface area contributed by atoms with Gasteiger partial charge in [0.15, 0.2) is 11.5 Å². The van der Waals surface area contributed by atoms with Crippen LogP contribution in [0.5, 0.6) is 17.2 Å². The normalized spacial score (nSPS) is 23.5. The molecule has 164 valence electrons. The topological polar surface area (TPSA) is 43.3 Å². The van der Waals surface area contributed by atoms with Gasteiger partial charge in [0.25, 0.3) is 0 Å². The first kappa shape index (κ1) is 22.3. The van der Waals surface area contributed by atoms with E-state index >= 15 is 0 Å². The molecular weight excluding hydrogens is 376 g/mol. The highest BCUT2D eigenvalue weighted by Crippen LogP contribution is 2.56. The van der Waals surface area contributed by atoms with Gasteiger partial charge in [0.2, 0.25) is 0 Å². The molecule has 0 saturated carbocycles. The van der Waals surface area contributed by atoms with Crippen molar-refractivity contribution in [2.24, 2.45) is 4.99 Å². The second-order valence-corrected chi connectivity index (χ2v) is 6.83. The van der Waals surface area contributed by atoms with Gasteiger partial charge in [-0.2, -0.15) is 0 Å². The van der Waals surface area contributed by atoms with Crippen LogP contribution in [0, 0.1) is 0 Å². The van der Waals surface area contributed by atoms with E-state index in [0.717, 1.165) is 49.0 Å². The largest absolute Gasteiger partial charge is 0.491 e. The molecule has 0 radical (unpaired) electrons. The molecule has 5 nitrogen and oxygen atoms in total. The maximum absolute atomic E-state index is 6.15. The van der Waals surface area contributed by atoms with Gasteiger partial charge < -0.3 is 19.1 Å². The van der Waals surface area contributed by atoms with E-state index in [-0.39, 0.29) is 5.41 Å². The van der Waals surface area contributed by atoms with Crippen LogP contribution in [0.2, 0.25) is 0 Å². The van der Waals surface area contributed by atoms with Crippen molar-refractivity contribution in [1.29, 1.82) is 0 Å². The smallest absolute Gasteiger partial charge is 0.165 e. The van der Waals surface area contributed by atoms with Gasteiger partial charge in [0.1, 0.15) is 36.8 Å². The van der Waals surface area contributed by atoms with Gasteiger partial charge in [-0.1, -0.05) is 53.7 Å². The van der Waals surface area contributed by atoms with Crippen LogP contribution in [0.25, 0.3) is 0 Å². The Hall–Kier alpha value is -2.43. The fraction of sp³-hybridized carbons (Fsp3) is 0.560. The minimum Gasteiger partial charge on any atom is -0.491 e. The minimum absolute atomic E-state index is 0.270. The molecule has 1 saturated heterocycles. The van der Waals surface area contributed by atoms with Crippen molar-refractivity contribution in [3.8, 4) is 17.2 Å². The molecule has 1 unspecified atom stereocenters. The Morgan fingerprint density at radius 2 is 1.50 bits per heavy atom. The lowest BCUT2D eigenvalue weighted by atomic mass is 9.74. The van der Waals surface area contributed by atoms with E-state index in [9.17, 15) is 0 Å². The number of aliphatic imine (C=N–C) groups is 1. The molecule has 4 aliphatic heterocycles. The van der Waals surface area contributed by atoms with Crippen molar-refractivity contribution in [3.63, 3.8) is 0 Å². The molecule has 1 spiro atoms. The summed E-state index contributed by atoms with van der Waals surface area (Å²) in [5, 5.41) is 0. The van der Waals surface area contributed by atoms with Crippen LogP contribution in [0.15, 0.2) is 40.5 Å². The molecule has 1 aliphatic carbocycles. The molecule has 0 aromatic heterocycles. The molecule has 30 heavy (non-hydrogen) atoms. The lowest BCUT2D eigenvalue weighted by Crippen LogP contribution is -2.38. The Morgan fingerprint density at radius 3 is 2.23 bits per heavy atom. The summed E-state index contributed by atoms with van der Waals surface area (Å²) in [5.41, 5.74) is 3.61. The van der Waals surface area contributed by atoms with E-state index < -0.39 is 0 Å². The zero-order valence-corrected chi connectivity index (χ0v) is 19.4. The van der Waals surface area contributed by atoms with E-state index in [1.54, 1.807) is 0 Å². The number of allylic oxidation sites excluding steroid dienone is 3. The molecule has 5 aliphatic rings. The first-order valence-corrected chi connectivity index (χ1v) is 11.7. The van der Waals surface area contributed by atoms with Crippen LogP contribution in [0.4, 0.5) is 0 Å². The lowest BCUT2D eigenvalue weighted by Gasteiger charge is -2.26. The zero-order chi connectivity index (χ0) is 21.7. The number of benzene rings is 1. The molecule has 5 heteroatoms. The van der Waals surface area contributed by atoms with Crippen molar-refractivity contribution in [1.82, 2.24) is 4.90 Å². The maximum atomic E-state index is 6.15. The first-order valence-electron chi connectivity index (χ1n) is 11.7. The van der Waals surface area contributed by atoms with Gasteiger partial charge in [0.05, 0.1) is 6.54 Å². The van der Waals surface area contributed by atoms with Gasteiger partial charge >= 0.3 is 0 Å². The Morgan fingerprint density at radius 1 is 0.833 bits per heavy atom. The standard InChI is InChI=1S/C19H18N2O3.3C2H6/c1-2-4-14-12(3-1)19(18-20-5-6-21(14)18)11-24-15-10-17-16(9-13(15)19)22-7-8-23-17;3*1-2/h3-4,9-10H,1-2,5-8,11H2;3*1-2H3. The van der Waals surface area contributed by atoms with E-state index in [2.05, 4.69) is 23.1 Å². The number of amidine groups is 1. The summed E-state index contributed by atoms with van der Waals surface area (Å²) in [7, 11) is 0. The second-order valence-electron chi connectivity index (χ2n) is 6.83. The van der Waals surface area contributed by atoms with Gasteiger partial charge in [0, 0.05) is 23.9 Å². The SMILES string of the molecule is C1=C2C(=CCC1)C1(COc3cc4c(cc31)OCCO4)C1=NCCN21.CC.CC.CC. The predicted molar refractivity (Wildman–Crippen MR) is 123 cm³/mol. The summed E-state index contributed by atoms with van der Waals surface area (Å²) < 4.78 is 17.7. The van der Waals surface area contributed by atoms with E-state index in [1.165, 1.54) is 16.8 Å². The molecule has 0 bridgehead atoms. The Labute approximate surface area is 181 Å². The molecule has 1 fully saturated rings. The highest BCUT2D eigenvalue weighted by atomic mass is 16.6. The summed E-state index contributed by atoms with van der Waals surface area (Å²) in [6.07, 6.45) is 6.93. The van der Waals surface area contributed by atoms with Crippen LogP contribution < -0.4 is 14.2 Å². The summed E-state index contributed by atoms with van der Waals surface area (Å²) in [4.78, 5) is 7.27. The molecule has 4 heterocycles. The van der Waals surface area contributed by atoms with Gasteiger partial charge in [-0.3, -0.25) is 4.99 Å². The fourth-order valence-corrected chi connectivity index (χ4v) is 4.67. The van der Waals surface area contributed by atoms with Crippen LogP contribution in [-0.4, -0.2) is 43.6 Å². The average molecular weight is 413 g/mol. The third-order valence-electron chi connectivity index (χ3n) is 5.65. The Kier molecular flexibility index (Phi) is 7.11. The van der Waals surface area contributed by atoms with Crippen molar-refractivity contribution in [2.45, 2.75) is 59.8 Å². The predicted octanol–water partition coefficient (Wildman–Crippen LogP) is 5.50. The fourth-order valence-electron chi connectivity index (χ4n) is 4.67. The molecule has 0 N–H and O–H groups in total. The summed E-state index contributed by atoms with van der Waals surface area (Å²) in [5.74, 6) is 3.66. The third-order valence-corrected chi connectivity index (χ3v) is 5.65. The quantitative estimate of drug-likeness (QED) is 0.564. The number of hydrogen-bond donors (Lipinski definition) is 0. The van der Waals surface area contributed by atoms with Crippen LogP contribution >= 0.6 is 0 Å². The summed E-state index contributed by atoms with van der Waals surface area (Å²) in [6, 6.07) is 4.11. The zero-order valence-electron chi connectivity index (χ0n) is 19.4. The molecule has 1 atom stereocenters. The van der Waals surface area contributed by atoms with E-state index in [0.29, 0.717) is 19.8 Å².